The summed E-state index contributed by atoms with van der Waals surface area (Å²) in [5.41, 5.74) is 1.25. The van der Waals surface area contributed by atoms with Crippen LogP contribution in [-0.2, 0) is 0 Å². The molecular weight excluding hydrogens is 320 g/mol. The highest BCUT2D eigenvalue weighted by Gasteiger charge is 2.23. The standard InChI is InChI=1S/C12H14BrClN2S/c1-12(2)6-15-11(17-7-12)16-9-5-3-4-8(14)10(9)13/h3-5H,6-7H2,1-2H3,(H,15,16). The molecule has 0 bridgehead atoms. The molecule has 2 nitrogen and oxygen atoms in total. The fourth-order valence-corrected chi connectivity index (χ4v) is 2.93. The summed E-state index contributed by atoms with van der Waals surface area (Å²) in [5.74, 6) is 1.08. The van der Waals surface area contributed by atoms with Crippen LogP contribution in [0.4, 0.5) is 5.69 Å². The van der Waals surface area contributed by atoms with Crippen molar-refractivity contribution in [3.63, 3.8) is 0 Å². The van der Waals surface area contributed by atoms with Gasteiger partial charge in [0.1, 0.15) is 0 Å². The van der Waals surface area contributed by atoms with Crippen molar-refractivity contribution >= 4 is 50.1 Å². The quantitative estimate of drug-likeness (QED) is 0.809. The second-order valence-corrected chi connectivity index (χ2v) is 6.96. The van der Waals surface area contributed by atoms with Gasteiger partial charge >= 0.3 is 0 Å². The number of hydrogen-bond donors (Lipinski definition) is 1. The fraction of sp³-hybridized carbons (Fsp3) is 0.417. The summed E-state index contributed by atoms with van der Waals surface area (Å²) >= 11 is 11.3. The Bertz CT molecular complexity index is 460. The molecule has 0 saturated heterocycles. The average Bonchev–Trinajstić information content (AvgIpc) is 2.27. The van der Waals surface area contributed by atoms with Crippen LogP contribution in [0.1, 0.15) is 13.8 Å². The van der Waals surface area contributed by atoms with Crippen LogP contribution >= 0.6 is 39.3 Å². The number of amidine groups is 1. The Morgan fingerprint density at radius 1 is 1.47 bits per heavy atom. The lowest BCUT2D eigenvalue weighted by molar-refractivity contribution is 0.438. The number of halogens is 2. The lowest BCUT2D eigenvalue weighted by atomic mass is 9.97. The van der Waals surface area contributed by atoms with Gasteiger partial charge in [0.15, 0.2) is 5.17 Å². The zero-order valence-corrected chi connectivity index (χ0v) is 12.9. The molecule has 0 aliphatic carbocycles. The van der Waals surface area contributed by atoms with Crippen molar-refractivity contribution in [2.45, 2.75) is 13.8 Å². The van der Waals surface area contributed by atoms with Gasteiger partial charge in [-0.3, -0.25) is 4.99 Å². The van der Waals surface area contributed by atoms with Crippen molar-refractivity contribution in [3.05, 3.63) is 27.7 Å². The molecule has 0 spiro atoms. The van der Waals surface area contributed by atoms with Gasteiger partial charge in [-0.25, -0.2) is 0 Å². The van der Waals surface area contributed by atoms with Gasteiger partial charge in [-0.15, -0.1) is 0 Å². The molecule has 0 amide bonds. The number of rotatable bonds is 1. The summed E-state index contributed by atoms with van der Waals surface area (Å²) in [5, 5.41) is 4.98. The van der Waals surface area contributed by atoms with Crippen LogP contribution in [0, 0.1) is 5.41 Å². The molecule has 0 atom stereocenters. The molecule has 2 rings (SSSR count). The van der Waals surface area contributed by atoms with Gasteiger partial charge in [-0.2, -0.15) is 0 Å². The first-order valence-corrected chi connectivity index (χ1v) is 7.52. The Morgan fingerprint density at radius 2 is 2.24 bits per heavy atom. The third kappa shape index (κ3) is 3.39. The molecule has 0 fully saturated rings. The fourth-order valence-electron chi connectivity index (χ4n) is 1.43. The highest BCUT2D eigenvalue weighted by atomic mass is 79.9. The third-order valence-corrected chi connectivity index (χ3v) is 5.27. The van der Waals surface area contributed by atoms with Crippen molar-refractivity contribution < 1.29 is 0 Å². The van der Waals surface area contributed by atoms with Gasteiger partial charge in [-0.05, 0) is 33.5 Å². The number of nitrogens with one attached hydrogen (secondary N) is 1. The van der Waals surface area contributed by atoms with E-state index in [2.05, 4.69) is 40.1 Å². The Kier molecular flexibility index (Phi) is 4.06. The molecule has 1 aromatic carbocycles. The molecule has 92 valence electrons. The number of thioether (sulfide) groups is 1. The molecule has 1 aliphatic rings. The first-order chi connectivity index (χ1) is 7.98. The van der Waals surface area contributed by atoms with Gasteiger partial charge in [0.25, 0.3) is 0 Å². The van der Waals surface area contributed by atoms with Crippen molar-refractivity contribution in [2.24, 2.45) is 10.4 Å². The lowest BCUT2D eigenvalue weighted by Crippen LogP contribution is -2.27. The van der Waals surface area contributed by atoms with Gasteiger partial charge < -0.3 is 5.32 Å². The average molecular weight is 334 g/mol. The summed E-state index contributed by atoms with van der Waals surface area (Å²) in [6.07, 6.45) is 0. The number of anilines is 1. The van der Waals surface area contributed by atoms with E-state index in [0.29, 0.717) is 10.4 Å². The zero-order chi connectivity index (χ0) is 12.5. The maximum absolute atomic E-state index is 6.04. The number of aliphatic imine (C=N–C) groups is 1. The highest BCUT2D eigenvalue weighted by Crippen LogP contribution is 2.33. The summed E-state index contributed by atoms with van der Waals surface area (Å²) in [6.45, 7) is 5.33. The summed E-state index contributed by atoms with van der Waals surface area (Å²) in [4.78, 5) is 4.55. The van der Waals surface area contributed by atoms with Crippen LogP contribution in [0.2, 0.25) is 5.02 Å². The van der Waals surface area contributed by atoms with Crippen LogP contribution in [0.5, 0.6) is 0 Å². The van der Waals surface area contributed by atoms with E-state index in [0.717, 1.165) is 27.6 Å². The molecule has 0 aromatic heterocycles. The van der Waals surface area contributed by atoms with Crippen LogP contribution < -0.4 is 5.32 Å². The highest BCUT2D eigenvalue weighted by molar-refractivity contribution is 9.10. The molecule has 17 heavy (non-hydrogen) atoms. The van der Waals surface area contributed by atoms with E-state index in [1.165, 1.54) is 0 Å². The van der Waals surface area contributed by atoms with Crippen LogP contribution in [-0.4, -0.2) is 17.5 Å². The maximum atomic E-state index is 6.04. The SMILES string of the molecule is CC1(C)CN=C(Nc2cccc(Cl)c2Br)SC1. The molecule has 0 saturated carbocycles. The van der Waals surface area contributed by atoms with Crippen molar-refractivity contribution in [1.29, 1.82) is 0 Å². The molecule has 1 heterocycles. The van der Waals surface area contributed by atoms with E-state index < -0.39 is 0 Å². The summed E-state index contributed by atoms with van der Waals surface area (Å²) < 4.78 is 0.884. The van der Waals surface area contributed by atoms with Crippen LogP contribution in [0.3, 0.4) is 0 Å². The van der Waals surface area contributed by atoms with Gasteiger partial charge in [0.2, 0.25) is 0 Å². The Balaban J connectivity index is 2.12. The number of hydrogen-bond acceptors (Lipinski definition) is 3. The summed E-state index contributed by atoms with van der Waals surface area (Å²) in [7, 11) is 0. The predicted octanol–water partition coefficient (Wildman–Crippen LogP) is 4.64. The van der Waals surface area contributed by atoms with Crippen molar-refractivity contribution in [3.8, 4) is 0 Å². The molecule has 1 aliphatic heterocycles. The van der Waals surface area contributed by atoms with E-state index >= 15 is 0 Å². The molecular formula is C12H14BrClN2S. The van der Waals surface area contributed by atoms with Crippen LogP contribution in [0.25, 0.3) is 0 Å². The Labute approximate surface area is 119 Å². The Hall–Kier alpha value is -0.190. The minimum atomic E-state index is 0.293. The molecule has 0 unspecified atom stereocenters. The second kappa shape index (κ2) is 5.21. The van der Waals surface area contributed by atoms with E-state index in [1.54, 1.807) is 11.8 Å². The molecule has 0 radical (unpaired) electrons. The van der Waals surface area contributed by atoms with Crippen LogP contribution in [0.15, 0.2) is 27.7 Å². The maximum Gasteiger partial charge on any atom is 0.161 e. The zero-order valence-electron chi connectivity index (χ0n) is 9.76. The third-order valence-electron chi connectivity index (χ3n) is 2.44. The second-order valence-electron chi connectivity index (χ2n) is 4.80. The molecule has 1 N–H and O–H groups in total. The number of nitrogens with zero attached hydrogens (tertiary/aromatic N) is 1. The van der Waals surface area contributed by atoms with Gasteiger partial charge in [0, 0.05) is 12.3 Å². The van der Waals surface area contributed by atoms with E-state index in [-0.39, 0.29) is 0 Å². The topological polar surface area (TPSA) is 24.4 Å². The predicted molar refractivity (Wildman–Crippen MR) is 81.3 cm³/mol. The first-order valence-electron chi connectivity index (χ1n) is 5.36. The van der Waals surface area contributed by atoms with E-state index in [1.807, 2.05) is 18.2 Å². The van der Waals surface area contributed by atoms with Gasteiger partial charge in [-0.1, -0.05) is 43.3 Å². The Morgan fingerprint density at radius 3 is 2.88 bits per heavy atom. The lowest BCUT2D eigenvalue weighted by Gasteiger charge is -2.27. The van der Waals surface area contributed by atoms with Crippen molar-refractivity contribution in [2.75, 3.05) is 17.6 Å². The largest absolute Gasteiger partial charge is 0.334 e. The van der Waals surface area contributed by atoms with E-state index in [4.69, 9.17) is 11.6 Å². The molecule has 1 aromatic rings. The number of benzene rings is 1. The summed E-state index contributed by atoms with van der Waals surface area (Å²) in [6, 6.07) is 5.77. The van der Waals surface area contributed by atoms with Crippen molar-refractivity contribution in [1.82, 2.24) is 0 Å². The minimum absolute atomic E-state index is 0.293. The first kappa shape index (κ1) is 13.2. The van der Waals surface area contributed by atoms with Gasteiger partial charge in [0.05, 0.1) is 15.2 Å². The molecule has 5 heteroatoms. The normalized spacial score (nSPS) is 18.7. The smallest absolute Gasteiger partial charge is 0.161 e. The minimum Gasteiger partial charge on any atom is -0.334 e. The van der Waals surface area contributed by atoms with E-state index in [9.17, 15) is 0 Å². The monoisotopic (exact) mass is 332 g/mol.